The molecule has 0 spiro atoms. The lowest BCUT2D eigenvalue weighted by Crippen LogP contribution is -2.43. The van der Waals surface area contributed by atoms with Crippen molar-refractivity contribution in [2.45, 2.75) is 30.4 Å². The van der Waals surface area contributed by atoms with Crippen LogP contribution in [-0.4, -0.2) is 46.8 Å². The zero-order chi connectivity index (χ0) is 22.0. The summed E-state index contributed by atoms with van der Waals surface area (Å²) < 4.78 is 33.0. The summed E-state index contributed by atoms with van der Waals surface area (Å²) in [6, 6.07) is 4.78. The summed E-state index contributed by atoms with van der Waals surface area (Å²) in [7, 11) is -3.74. The molecule has 1 fully saturated rings. The molecule has 4 rings (SSSR count). The summed E-state index contributed by atoms with van der Waals surface area (Å²) in [6.07, 6.45) is 3.24. The molecule has 1 aliphatic heterocycles. The van der Waals surface area contributed by atoms with Gasteiger partial charge in [0.05, 0.1) is 10.9 Å². The van der Waals surface area contributed by atoms with Crippen LogP contribution in [0.4, 0.5) is 5.82 Å². The van der Waals surface area contributed by atoms with Crippen LogP contribution in [0.3, 0.4) is 0 Å². The summed E-state index contributed by atoms with van der Waals surface area (Å²) in [5.41, 5.74) is 0.590. The molecular formula is C19H20ClN5O4S2. The van der Waals surface area contributed by atoms with E-state index in [-0.39, 0.29) is 16.7 Å². The van der Waals surface area contributed by atoms with Gasteiger partial charge in [0, 0.05) is 36.7 Å². The third-order valence-electron chi connectivity index (χ3n) is 4.93. The van der Waals surface area contributed by atoms with Crippen LogP contribution in [0.5, 0.6) is 0 Å². The molecule has 1 atom stereocenters. The number of thiophene rings is 1. The number of amides is 1. The molecule has 0 aliphatic carbocycles. The molecule has 1 amide bonds. The number of halogens is 1. The van der Waals surface area contributed by atoms with Crippen LogP contribution in [0.15, 0.2) is 38.5 Å². The number of carbonyl (C=O) groups excluding carboxylic acids is 1. The molecular weight excluding hydrogens is 462 g/mol. The highest BCUT2D eigenvalue weighted by Crippen LogP contribution is 2.31. The molecule has 1 aliphatic rings. The number of hydrogen-bond acceptors (Lipinski definition) is 8. The van der Waals surface area contributed by atoms with Crippen molar-refractivity contribution in [1.29, 1.82) is 0 Å². The molecule has 0 radical (unpaired) electrons. The number of aryl methyl sites for hydroxylation is 1. The van der Waals surface area contributed by atoms with Gasteiger partial charge < -0.3 is 9.84 Å². The Hall–Kier alpha value is -2.34. The lowest BCUT2D eigenvalue weighted by atomic mass is 9.99. The second-order valence-corrected chi connectivity index (χ2v) is 10.6. The lowest BCUT2D eigenvalue weighted by Gasteiger charge is -2.30. The van der Waals surface area contributed by atoms with Crippen LogP contribution in [0.25, 0.3) is 11.4 Å². The number of rotatable bonds is 6. The van der Waals surface area contributed by atoms with E-state index in [1.54, 1.807) is 23.6 Å². The molecule has 0 saturated carbocycles. The van der Waals surface area contributed by atoms with Gasteiger partial charge in [-0.3, -0.25) is 4.79 Å². The van der Waals surface area contributed by atoms with Crippen LogP contribution >= 0.6 is 22.9 Å². The Labute approximate surface area is 188 Å². The Morgan fingerprint density at radius 3 is 2.97 bits per heavy atom. The van der Waals surface area contributed by atoms with Gasteiger partial charge in [-0.1, -0.05) is 23.7 Å². The SMILES string of the molecule is CCc1nc(-c2csc(S(=O)(=O)N3CCC[C@@H](C(=O)Nc4ccc(Cl)cn4)C3)c2)no1. The standard InChI is InChI=1S/C19H20ClN5O4S2/c1-2-16-23-18(24-29-16)13-8-17(30-11-13)31(27,28)25-7-3-4-12(10-25)19(26)22-15-6-5-14(20)9-21-15/h5-6,8-9,11-12H,2-4,7,10H2,1H3,(H,21,22,26)/t12-/m1/s1. The second-order valence-electron chi connectivity index (χ2n) is 7.07. The first-order valence-corrected chi connectivity index (χ1v) is 12.4. The maximum Gasteiger partial charge on any atom is 0.252 e. The van der Waals surface area contributed by atoms with Crippen molar-refractivity contribution < 1.29 is 17.7 Å². The summed E-state index contributed by atoms with van der Waals surface area (Å²) >= 11 is 6.91. The fourth-order valence-corrected chi connectivity index (χ4v) is 6.21. The number of carbonyl (C=O) groups is 1. The quantitative estimate of drug-likeness (QED) is 0.572. The average Bonchev–Trinajstić information content (AvgIpc) is 3.45. The molecule has 0 aromatic carbocycles. The van der Waals surface area contributed by atoms with Gasteiger partial charge in [-0.15, -0.1) is 11.3 Å². The zero-order valence-corrected chi connectivity index (χ0v) is 19.0. The highest BCUT2D eigenvalue weighted by Gasteiger charge is 2.34. The molecule has 3 aromatic heterocycles. The Morgan fingerprint density at radius 1 is 1.42 bits per heavy atom. The van der Waals surface area contributed by atoms with Crippen molar-refractivity contribution in [2.24, 2.45) is 5.92 Å². The lowest BCUT2D eigenvalue weighted by molar-refractivity contribution is -0.120. The predicted octanol–water partition coefficient (Wildman–Crippen LogP) is 3.45. The highest BCUT2D eigenvalue weighted by atomic mass is 35.5. The highest BCUT2D eigenvalue weighted by molar-refractivity contribution is 7.91. The fraction of sp³-hybridized carbons (Fsp3) is 0.368. The number of pyridine rings is 1. The largest absolute Gasteiger partial charge is 0.339 e. The number of sulfonamides is 1. The van der Waals surface area contributed by atoms with E-state index in [1.807, 2.05) is 6.92 Å². The van der Waals surface area contributed by atoms with E-state index in [2.05, 4.69) is 20.4 Å². The minimum absolute atomic E-state index is 0.108. The molecule has 12 heteroatoms. The third-order valence-corrected chi connectivity index (χ3v) is 8.44. The normalized spacial score (nSPS) is 17.5. The van der Waals surface area contributed by atoms with Gasteiger partial charge in [0.25, 0.3) is 10.0 Å². The van der Waals surface area contributed by atoms with E-state index in [0.717, 1.165) is 11.3 Å². The van der Waals surface area contributed by atoms with Crippen LogP contribution in [-0.2, 0) is 21.2 Å². The van der Waals surface area contributed by atoms with Crippen LogP contribution in [0, 0.1) is 5.92 Å². The number of nitrogens with one attached hydrogen (secondary N) is 1. The third kappa shape index (κ3) is 4.79. The number of aromatic nitrogens is 3. The Kier molecular flexibility index (Phi) is 6.37. The number of nitrogens with zero attached hydrogens (tertiary/aromatic N) is 4. The van der Waals surface area contributed by atoms with Gasteiger partial charge in [-0.05, 0) is 31.0 Å². The van der Waals surface area contributed by atoms with Gasteiger partial charge >= 0.3 is 0 Å². The predicted molar refractivity (Wildman–Crippen MR) is 116 cm³/mol. The van der Waals surface area contributed by atoms with Gasteiger partial charge in [0.2, 0.25) is 17.6 Å². The monoisotopic (exact) mass is 481 g/mol. The molecule has 31 heavy (non-hydrogen) atoms. The molecule has 1 saturated heterocycles. The Balaban J connectivity index is 1.47. The van der Waals surface area contributed by atoms with Crippen molar-refractivity contribution >= 4 is 44.7 Å². The van der Waals surface area contributed by atoms with Crippen molar-refractivity contribution in [1.82, 2.24) is 19.4 Å². The maximum absolute atomic E-state index is 13.2. The minimum atomic E-state index is -3.74. The van der Waals surface area contributed by atoms with Crippen molar-refractivity contribution in [3.05, 3.63) is 40.7 Å². The molecule has 4 heterocycles. The van der Waals surface area contributed by atoms with Gasteiger partial charge in [-0.2, -0.15) is 9.29 Å². The first-order chi connectivity index (χ1) is 14.9. The minimum Gasteiger partial charge on any atom is -0.339 e. The summed E-state index contributed by atoms with van der Waals surface area (Å²) in [5.74, 6) is 0.501. The first kappa shape index (κ1) is 21.9. The first-order valence-electron chi connectivity index (χ1n) is 9.71. The van der Waals surface area contributed by atoms with Crippen LogP contribution < -0.4 is 5.32 Å². The molecule has 3 aromatic rings. The number of hydrogen-bond donors (Lipinski definition) is 1. The van der Waals surface area contributed by atoms with E-state index < -0.39 is 15.9 Å². The Morgan fingerprint density at radius 2 is 2.26 bits per heavy atom. The molecule has 1 N–H and O–H groups in total. The maximum atomic E-state index is 13.2. The second kappa shape index (κ2) is 9.03. The van der Waals surface area contributed by atoms with E-state index in [1.165, 1.54) is 10.5 Å². The fourth-order valence-electron chi connectivity index (χ4n) is 3.26. The van der Waals surface area contributed by atoms with Crippen molar-refractivity contribution in [2.75, 3.05) is 18.4 Å². The van der Waals surface area contributed by atoms with Crippen molar-refractivity contribution in [3.63, 3.8) is 0 Å². The van der Waals surface area contributed by atoms with Gasteiger partial charge in [0.15, 0.2) is 0 Å². The van der Waals surface area contributed by atoms with E-state index in [4.69, 9.17) is 16.1 Å². The smallest absolute Gasteiger partial charge is 0.252 e. The molecule has 164 valence electrons. The van der Waals surface area contributed by atoms with Gasteiger partial charge in [-0.25, -0.2) is 13.4 Å². The zero-order valence-electron chi connectivity index (χ0n) is 16.6. The van der Waals surface area contributed by atoms with Crippen molar-refractivity contribution in [3.8, 4) is 11.4 Å². The molecule has 0 bridgehead atoms. The summed E-state index contributed by atoms with van der Waals surface area (Å²) in [6.45, 7) is 2.37. The van der Waals surface area contributed by atoms with E-state index in [0.29, 0.717) is 53.9 Å². The Bertz CT molecular complexity index is 1180. The average molecular weight is 482 g/mol. The summed E-state index contributed by atoms with van der Waals surface area (Å²) in [5, 5.41) is 8.78. The molecule has 0 unspecified atom stereocenters. The number of anilines is 1. The summed E-state index contributed by atoms with van der Waals surface area (Å²) in [4.78, 5) is 20.9. The van der Waals surface area contributed by atoms with Crippen LogP contribution in [0.2, 0.25) is 5.02 Å². The van der Waals surface area contributed by atoms with E-state index in [9.17, 15) is 13.2 Å². The van der Waals surface area contributed by atoms with E-state index >= 15 is 0 Å². The van der Waals surface area contributed by atoms with Crippen LogP contribution in [0.1, 0.15) is 25.7 Å². The number of piperidine rings is 1. The topological polar surface area (TPSA) is 118 Å². The van der Waals surface area contributed by atoms with Gasteiger partial charge in [0.1, 0.15) is 10.0 Å². The molecule has 9 nitrogen and oxygen atoms in total.